The Morgan fingerprint density at radius 1 is 1.03 bits per heavy atom. The SMILES string of the molecule is N[C@@H](CC(=O)N1CCN(C(=O)NCc2ccccn2)CC1)Cc1cc(F)c(F)cc1F. The third-order valence-corrected chi connectivity index (χ3v) is 5.07. The number of nitrogens with one attached hydrogen (secondary N) is 1. The molecular weight excluding hydrogens is 411 g/mol. The number of amides is 3. The largest absolute Gasteiger partial charge is 0.339 e. The standard InChI is InChI=1S/C21H24F3N5O2/c22-17-12-19(24)18(23)10-14(17)9-15(25)11-20(30)28-5-7-29(8-6-28)21(31)27-13-16-3-1-2-4-26-16/h1-4,10,12,15H,5-9,11,13,25H2,(H,27,31)/t15-/m1/s1. The fourth-order valence-corrected chi connectivity index (χ4v) is 3.37. The third kappa shape index (κ3) is 6.17. The Labute approximate surface area is 178 Å². The minimum atomic E-state index is -1.27. The van der Waals surface area contributed by atoms with Crippen molar-refractivity contribution in [3.63, 3.8) is 0 Å². The van der Waals surface area contributed by atoms with E-state index in [1.165, 1.54) is 0 Å². The van der Waals surface area contributed by atoms with Crippen LogP contribution in [0.4, 0.5) is 18.0 Å². The van der Waals surface area contributed by atoms with E-state index in [0.29, 0.717) is 38.8 Å². The fraction of sp³-hybridized carbons (Fsp3) is 0.381. The van der Waals surface area contributed by atoms with E-state index in [1.54, 1.807) is 22.1 Å². The van der Waals surface area contributed by atoms with Gasteiger partial charge in [-0.25, -0.2) is 18.0 Å². The molecule has 0 aliphatic carbocycles. The van der Waals surface area contributed by atoms with Crippen LogP contribution in [0, 0.1) is 17.5 Å². The van der Waals surface area contributed by atoms with E-state index in [-0.39, 0.29) is 30.3 Å². The van der Waals surface area contributed by atoms with Gasteiger partial charge in [0.2, 0.25) is 5.91 Å². The molecule has 3 N–H and O–H groups in total. The molecule has 0 bridgehead atoms. The van der Waals surface area contributed by atoms with Gasteiger partial charge in [0.05, 0.1) is 12.2 Å². The number of benzene rings is 1. The Balaban J connectivity index is 1.43. The molecule has 10 heteroatoms. The Morgan fingerprint density at radius 2 is 1.71 bits per heavy atom. The number of rotatable bonds is 6. The number of urea groups is 1. The first-order valence-corrected chi connectivity index (χ1v) is 9.93. The van der Waals surface area contributed by atoms with E-state index in [2.05, 4.69) is 10.3 Å². The molecule has 3 rings (SSSR count). The first-order chi connectivity index (χ1) is 14.8. The summed E-state index contributed by atoms with van der Waals surface area (Å²) in [6.07, 6.45) is 1.49. The number of halogens is 3. The lowest BCUT2D eigenvalue weighted by atomic mass is 10.0. The second-order valence-electron chi connectivity index (χ2n) is 7.37. The maximum absolute atomic E-state index is 13.8. The van der Waals surface area contributed by atoms with E-state index in [9.17, 15) is 22.8 Å². The van der Waals surface area contributed by atoms with Gasteiger partial charge in [-0.05, 0) is 30.2 Å². The number of pyridine rings is 1. The number of nitrogens with zero attached hydrogens (tertiary/aromatic N) is 3. The highest BCUT2D eigenvalue weighted by atomic mass is 19.2. The number of hydrogen-bond acceptors (Lipinski definition) is 4. The van der Waals surface area contributed by atoms with Gasteiger partial charge in [-0.1, -0.05) is 6.07 Å². The summed E-state index contributed by atoms with van der Waals surface area (Å²) in [5.41, 5.74) is 6.60. The summed E-state index contributed by atoms with van der Waals surface area (Å²) in [5.74, 6) is -3.56. The van der Waals surface area contributed by atoms with Crippen molar-refractivity contribution >= 4 is 11.9 Å². The molecule has 1 saturated heterocycles. The Hall–Kier alpha value is -3.14. The maximum Gasteiger partial charge on any atom is 0.317 e. The number of carbonyl (C=O) groups excluding carboxylic acids is 2. The quantitative estimate of drug-likeness (QED) is 0.677. The van der Waals surface area contributed by atoms with Crippen molar-refractivity contribution in [1.82, 2.24) is 20.1 Å². The summed E-state index contributed by atoms with van der Waals surface area (Å²) >= 11 is 0. The van der Waals surface area contributed by atoms with Gasteiger partial charge in [-0.2, -0.15) is 0 Å². The van der Waals surface area contributed by atoms with Crippen molar-refractivity contribution < 1.29 is 22.8 Å². The minimum Gasteiger partial charge on any atom is -0.339 e. The molecule has 0 radical (unpaired) electrons. The molecule has 7 nitrogen and oxygen atoms in total. The lowest BCUT2D eigenvalue weighted by Gasteiger charge is -2.35. The topological polar surface area (TPSA) is 91.6 Å². The molecule has 1 aromatic carbocycles. The number of hydrogen-bond donors (Lipinski definition) is 2. The van der Waals surface area contributed by atoms with Crippen molar-refractivity contribution in [3.05, 3.63) is 65.2 Å². The van der Waals surface area contributed by atoms with Crippen LogP contribution >= 0.6 is 0 Å². The molecule has 0 spiro atoms. The molecule has 2 aromatic rings. The molecule has 166 valence electrons. The molecule has 1 aliphatic heterocycles. The number of piperazine rings is 1. The summed E-state index contributed by atoms with van der Waals surface area (Å²) in [5, 5.41) is 2.79. The highest BCUT2D eigenvalue weighted by Crippen LogP contribution is 2.16. The molecule has 3 amide bonds. The summed E-state index contributed by atoms with van der Waals surface area (Å²) in [7, 11) is 0. The highest BCUT2D eigenvalue weighted by Gasteiger charge is 2.25. The summed E-state index contributed by atoms with van der Waals surface area (Å²) < 4.78 is 40.1. The van der Waals surface area contributed by atoms with E-state index < -0.39 is 23.5 Å². The van der Waals surface area contributed by atoms with Crippen LogP contribution in [0.2, 0.25) is 0 Å². The Bertz CT molecular complexity index is 921. The van der Waals surface area contributed by atoms with Crippen molar-refractivity contribution in [3.8, 4) is 0 Å². The summed E-state index contributed by atoms with van der Waals surface area (Å²) in [6.45, 7) is 1.75. The van der Waals surface area contributed by atoms with Gasteiger partial charge in [-0.15, -0.1) is 0 Å². The molecule has 2 heterocycles. The highest BCUT2D eigenvalue weighted by molar-refractivity contribution is 5.78. The smallest absolute Gasteiger partial charge is 0.317 e. The van der Waals surface area contributed by atoms with Crippen molar-refractivity contribution in [2.24, 2.45) is 5.73 Å². The van der Waals surface area contributed by atoms with Crippen LogP contribution in [-0.4, -0.2) is 58.9 Å². The second kappa shape index (κ2) is 10.3. The molecule has 1 atom stereocenters. The number of nitrogens with two attached hydrogens (primary N) is 1. The summed E-state index contributed by atoms with van der Waals surface area (Å²) in [4.78, 5) is 32.1. The normalized spacial score (nSPS) is 15.0. The van der Waals surface area contributed by atoms with Gasteiger partial charge in [0.25, 0.3) is 0 Å². The molecule has 1 aromatic heterocycles. The van der Waals surface area contributed by atoms with Crippen LogP contribution in [0.1, 0.15) is 17.7 Å². The zero-order chi connectivity index (χ0) is 22.4. The maximum atomic E-state index is 13.8. The number of aromatic nitrogens is 1. The van der Waals surface area contributed by atoms with Gasteiger partial charge in [0.15, 0.2) is 11.6 Å². The average molecular weight is 435 g/mol. The molecule has 0 saturated carbocycles. The van der Waals surface area contributed by atoms with Gasteiger partial charge < -0.3 is 20.9 Å². The zero-order valence-electron chi connectivity index (χ0n) is 16.9. The molecular formula is C21H24F3N5O2. The lowest BCUT2D eigenvalue weighted by molar-refractivity contribution is -0.132. The first kappa shape index (κ1) is 22.5. The van der Waals surface area contributed by atoms with Crippen LogP contribution in [0.25, 0.3) is 0 Å². The third-order valence-electron chi connectivity index (χ3n) is 5.07. The predicted molar refractivity (Wildman–Crippen MR) is 107 cm³/mol. The van der Waals surface area contributed by atoms with Gasteiger partial charge in [0, 0.05) is 50.9 Å². The van der Waals surface area contributed by atoms with Crippen LogP contribution in [-0.2, 0) is 17.8 Å². The zero-order valence-corrected chi connectivity index (χ0v) is 16.9. The summed E-state index contributed by atoms with van der Waals surface area (Å²) in [6, 6.07) is 5.70. The van der Waals surface area contributed by atoms with Crippen molar-refractivity contribution in [2.75, 3.05) is 26.2 Å². The van der Waals surface area contributed by atoms with Crippen LogP contribution in [0.3, 0.4) is 0 Å². The van der Waals surface area contributed by atoms with Gasteiger partial charge in [0.1, 0.15) is 5.82 Å². The van der Waals surface area contributed by atoms with Crippen LogP contribution in [0.5, 0.6) is 0 Å². The van der Waals surface area contributed by atoms with Crippen LogP contribution in [0.15, 0.2) is 36.5 Å². The monoisotopic (exact) mass is 435 g/mol. The van der Waals surface area contributed by atoms with Gasteiger partial charge in [-0.3, -0.25) is 9.78 Å². The van der Waals surface area contributed by atoms with Crippen LogP contribution < -0.4 is 11.1 Å². The number of carbonyl (C=O) groups is 2. The first-order valence-electron chi connectivity index (χ1n) is 9.93. The van der Waals surface area contributed by atoms with E-state index in [4.69, 9.17) is 5.73 Å². The van der Waals surface area contributed by atoms with E-state index in [0.717, 1.165) is 11.8 Å². The minimum absolute atomic E-state index is 0.0652. The lowest BCUT2D eigenvalue weighted by Crippen LogP contribution is -2.53. The fourth-order valence-electron chi connectivity index (χ4n) is 3.37. The molecule has 31 heavy (non-hydrogen) atoms. The molecule has 1 aliphatic rings. The Morgan fingerprint density at radius 3 is 2.39 bits per heavy atom. The van der Waals surface area contributed by atoms with Gasteiger partial charge >= 0.3 is 6.03 Å². The van der Waals surface area contributed by atoms with E-state index >= 15 is 0 Å². The van der Waals surface area contributed by atoms with Crippen molar-refractivity contribution in [2.45, 2.75) is 25.4 Å². The second-order valence-corrected chi connectivity index (χ2v) is 7.37. The molecule has 1 fully saturated rings. The Kier molecular flexibility index (Phi) is 7.45. The molecule has 0 unspecified atom stereocenters. The average Bonchev–Trinajstić information content (AvgIpc) is 2.76. The van der Waals surface area contributed by atoms with Crippen molar-refractivity contribution in [1.29, 1.82) is 0 Å². The predicted octanol–water partition coefficient (Wildman–Crippen LogP) is 1.81. The van der Waals surface area contributed by atoms with E-state index in [1.807, 2.05) is 12.1 Å².